The zero-order valence-electron chi connectivity index (χ0n) is 22.3. The molecule has 0 atom stereocenters. The lowest BCUT2D eigenvalue weighted by molar-refractivity contribution is -0.660. The van der Waals surface area contributed by atoms with E-state index in [1.807, 2.05) is 36.7 Å². The lowest BCUT2D eigenvalue weighted by Crippen LogP contribution is -2.32. The van der Waals surface area contributed by atoms with Crippen molar-refractivity contribution in [2.24, 2.45) is 12.5 Å². The van der Waals surface area contributed by atoms with Gasteiger partial charge in [-0.1, -0.05) is 31.3 Å². The fourth-order valence-electron chi connectivity index (χ4n) is 4.67. The Morgan fingerprint density at radius 1 is 1.29 bits per heavy atom. The second kappa shape index (κ2) is 7.13. The van der Waals surface area contributed by atoms with E-state index < -0.39 is 12.7 Å². The van der Waals surface area contributed by atoms with Crippen molar-refractivity contribution in [2.45, 2.75) is 59.2 Å². The molecule has 0 spiro atoms. The van der Waals surface area contributed by atoms with Gasteiger partial charge in [0.05, 0.1) is 15.8 Å². The van der Waals surface area contributed by atoms with Gasteiger partial charge in [0.25, 0.3) is 0 Å². The van der Waals surface area contributed by atoms with Crippen molar-refractivity contribution in [1.82, 2.24) is 14.6 Å². The summed E-state index contributed by atoms with van der Waals surface area (Å²) in [6.45, 7) is 4.15. The second-order valence-electron chi connectivity index (χ2n) is 9.33. The number of nitriles is 1. The predicted octanol–water partition coefficient (Wildman–Crippen LogP) is 5.61. The van der Waals surface area contributed by atoms with Crippen LogP contribution in [0.15, 0.2) is 24.4 Å². The minimum atomic E-state index is -2.31. The Bertz CT molecular complexity index is 1510. The number of fused-ring (bicyclic) bond motifs is 3. The average Bonchev–Trinajstić information content (AvgIpc) is 3.34. The quantitative estimate of drug-likeness (QED) is 0.385. The maximum Gasteiger partial charge on any atom is 0.240 e. The molecule has 5 rings (SSSR count). The van der Waals surface area contributed by atoms with Gasteiger partial charge in [-0.15, -0.1) is 10.2 Å². The van der Waals surface area contributed by atoms with Crippen molar-refractivity contribution in [1.29, 1.82) is 5.26 Å². The molecule has 0 saturated heterocycles. The molecular formula is C25H28N5S+. The maximum absolute atomic E-state index is 9.49. The molecule has 0 radical (unpaired) electrons. The highest BCUT2D eigenvalue weighted by Gasteiger charge is 2.30. The Hall–Kier alpha value is -2.78. The average molecular weight is 435 g/mol. The topological polar surface area (TPSA) is 57.9 Å². The number of pyridine rings is 1. The molecule has 1 aliphatic carbocycles. The molecule has 6 heteroatoms. The molecule has 0 N–H and O–H groups in total. The number of aryl methyl sites for hydroxylation is 3. The summed E-state index contributed by atoms with van der Waals surface area (Å²) < 4.78 is 38.7. The number of nitrogens with zero attached hydrogens (tertiary/aromatic N) is 5. The summed E-state index contributed by atoms with van der Waals surface area (Å²) in [6.07, 6.45) is 4.71. The van der Waals surface area contributed by atoms with Crippen LogP contribution in [0.1, 0.15) is 73.4 Å². The van der Waals surface area contributed by atoms with Gasteiger partial charge in [-0.25, -0.2) is 4.57 Å². The lowest BCUT2D eigenvalue weighted by Gasteiger charge is -2.34. The molecule has 1 saturated carbocycles. The van der Waals surface area contributed by atoms with E-state index in [0.29, 0.717) is 23.4 Å². The van der Waals surface area contributed by atoms with E-state index in [-0.39, 0.29) is 16.8 Å². The number of hydrogen-bond acceptors (Lipinski definition) is 4. The van der Waals surface area contributed by atoms with E-state index in [9.17, 15) is 6.63 Å². The molecule has 1 aliphatic rings. The van der Waals surface area contributed by atoms with Crippen molar-refractivity contribution < 1.29 is 10.1 Å². The van der Waals surface area contributed by atoms with Crippen LogP contribution < -0.4 is 4.57 Å². The Kier molecular flexibility index (Phi) is 3.67. The summed E-state index contributed by atoms with van der Waals surface area (Å²) in [5.41, 5.74) is 4.69. The van der Waals surface area contributed by atoms with Gasteiger partial charge < -0.3 is 0 Å². The van der Waals surface area contributed by atoms with Crippen LogP contribution in [0, 0.1) is 30.5 Å². The summed E-state index contributed by atoms with van der Waals surface area (Å²) in [5, 5.41) is 17.6. The third-order valence-corrected chi connectivity index (χ3v) is 7.70. The number of aromatic nitrogens is 4. The van der Waals surface area contributed by atoms with E-state index >= 15 is 0 Å². The zero-order chi connectivity index (χ0) is 25.3. The van der Waals surface area contributed by atoms with Gasteiger partial charge in [-0.05, 0) is 68.0 Å². The molecule has 3 aromatic heterocycles. The van der Waals surface area contributed by atoms with Crippen LogP contribution >= 0.6 is 11.3 Å². The first-order chi connectivity index (χ1) is 16.3. The molecule has 3 heterocycles. The summed E-state index contributed by atoms with van der Waals surface area (Å²) in [7, 11) is 1.86. The van der Waals surface area contributed by atoms with E-state index in [1.165, 1.54) is 11.3 Å². The molecule has 0 bridgehead atoms. The highest BCUT2D eigenvalue weighted by Crippen LogP contribution is 2.44. The number of rotatable bonds is 2. The predicted molar refractivity (Wildman–Crippen MR) is 124 cm³/mol. The van der Waals surface area contributed by atoms with Crippen molar-refractivity contribution >= 4 is 26.5 Å². The SMILES string of the molecule is [2H]C([2H])([2H])c1c[n+](C)c(-c2c(C)ccc3c2sc2nnc(C#N)n23)cc1C1([2H])CCC(C)(C)CC1. The standard InChI is InChI=1S/C25H28N5S/c1-15-6-7-19-23(31-24-28-27-21(13-26)30(19)24)22(15)20-12-18(16(2)14-29(20)5)17-8-10-25(3,4)11-9-17/h6-7,12,14,17H,8-11H2,1-5H3/q+1/i2D3,17D. The largest absolute Gasteiger partial charge is 0.257 e. The minimum absolute atomic E-state index is 0.160. The van der Waals surface area contributed by atoms with E-state index in [0.717, 1.165) is 39.9 Å². The van der Waals surface area contributed by atoms with Crippen LogP contribution in [0.2, 0.25) is 0 Å². The molecular weight excluding hydrogens is 402 g/mol. The third kappa shape index (κ3) is 3.23. The Morgan fingerprint density at radius 2 is 2.06 bits per heavy atom. The van der Waals surface area contributed by atoms with Crippen molar-refractivity contribution in [2.75, 3.05) is 0 Å². The van der Waals surface area contributed by atoms with E-state index in [1.54, 1.807) is 10.6 Å². The van der Waals surface area contributed by atoms with E-state index in [4.69, 9.17) is 4.11 Å². The van der Waals surface area contributed by atoms with Crippen LogP contribution in [0.5, 0.6) is 0 Å². The van der Waals surface area contributed by atoms with Crippen LogP contribution in [-0.2, 0) is 7.05 Å². The maximum atomic E-state index is 9.49. The zero-order valence-corrected chi connectivity index (χ0v) is 19.1. The van der Waals surface area contributed by atoms with Crippen LogP contribution in [0.25, 0.3) is 26.4 Å². The van der Waals surface area contributed by atoms with Crippen LogP contribution in [0.4, 0.5) is 0 Å². The van der Waals surface area contributed by atoms with Crippen LogP contribution in [0.3, 0.4) is 0 Å². The molecule has 0 unspecified atom stereocenters. The van der Waals surface area contributed by atoms with E-state index in [2.05, 4.69) is 30.1 Å². The fourth-order valence-corrected chi connectivity index (χ4v) is 5.84. The summed E-state index contributed by atoms with van der Waals surface area (Å²) in [5.74, 6) is -0.717. The van der Waals surface area contributed by atoms with Crippen LogP contribution in [-0.4, -0.2) is 14.6 Å². The third-order valence-electron chi connectivity index (χ3n) is 6.63. The van der Waals surface area contributed by atoms with Gasteiger partial charge in [0, 0.05) is 17.1 Å². The second-order valence-corrected chi connectivity index (χ2v) is 10.3. The first kappa shape index (κ1) is 15.9. The Labute approximate surface area is 192 Å². The van der Waals surface area contributed by atoms with Gasteiger partial charge in [-0.3, -0.25) is 4.40 Å². The molecule has 1 aromatic carbocycles. The summed E-state index contributed by atoms with van der Waals surface area (Å²) in [4.78, 5) is 0.636. The monoisotopic (exact) mass is 434 g/mol. The van der Waals surface area contributed by atoms with Gasteiger partial charge in [0.1, 0.15) is 13.1 Å². The highest BCUT2D eigenvalue weighted by molar-refractivity contribution is 7.24. The molecule has 5 nitrogen and oxygen atoms in total. The molecule has 31 heavy (non-hydrogen) atoms. The normalized spacial score (nSPS) is 20.1. The molecule has 0 amide bonds. The van der Waals surface area contributed by atoms with Gasteiger partial charge in [0.15, 0.2) is 6.20 Å². The number of hydrogen-bond donors (Lipinski definition) is 0. The smallest absolute Gasteiger partial charge is 0.240 e. The molecule has 4 aromatic rings. The number of thiazole rings is 1. The number of benzene rings is 1. The molecule has 1 fully saturated rings. The van der Waals surface area contributed by atoms with Gasteiger partial charge in [-0.2, -0.15) is 5.26 Å². The van der Waals surface area contributed by atoms with Gasteiger partial charge in [0.2, 0.25) is 16.5 Å². The minimum Gasteiger partial charge on any atom is -0.257 e. The summed E-state index contributed by atoms with van der Waals surface area (Å²) >= 11 is 1.46. The Balaban J connectivity index is 1.78. The molecule has 0 aliphatic heterocycles. The Morgan fingerprint density at radius 3 is 2.77 bits per heavy atom. The molecule has 158 valence electrons. The summed E-state index contributed by atoms with van der Waals surface area (Å²) in [6, 6.07) is 8.00. The van der Waals surface area contributed by atoms with Crippen molar-refractivity contribution in [3.05, 3.63) is 46.9 Å². The van der Waals surface area contributed by atoms with Gasteiger partial charge >= 0.3 is 0 Å². The fraction of sp³-hybridized carbons (Fsp3) is 0.440. The van der Waals surface area contributed by atoms with Crippen molar-refractivity contribution in [3.8, 4) is 17.3 Å². The first-order valence-electron chi connectivity index (χ1n) is 12.6. The highest BCUT2D eigenvalue weighted by atomic mass is 32.1. The lowest BCUT2D eigenvalue weighted by atomic mass is 9.71. The van der Waals surface area contributed by atoms with Crippen molar-refractivity contribution in [3.63, 3.8) is 0 Å². The first-order valence-corrected chi connectivity index (χ1v) is 11.4.